The summed E-state index contributed by atoms with van der Waals surface area (Å²) in [6.45, 7) is 5.79. The fourth-order valence-corrected chi connectivity index (χ4v) is 3.71. The number of pyridine rings is 1. The van der Waals surface area contributed by atoms with Crippen LogP contribution in [0.25, 0.3) is 22.4 Å². The van der Waals surface area contributed by atoms with Gasteiger partial charge in [0.15, 0.2) is 0 Å². The van der Waals surface area contributed by atoms with Gasteiger partial charge in [-0.15, -0.1) is 0 Å². The molecule has 4 rings (SSSR count). The van der Waals surface area contributed by atoms with Crippen molar-refractivity contribution >= 4 is 23.0 Å². The van der Waals surface area contributed by atoms with Crippen LogP contribution in [0.15, 0.2) is 21.1 Å². The second-order valence-corrected chi connectivity index (χ2v) is 6.82. The smallest absolute Gasteiger partial charge is 0.326 e. The highest BCUT2D eigenvalue weighted by Gasteiger charge is 2.36. The molecule has 27 heavy (non-hydrogen) atoms. The van der Waals surface area contributed by atoms with E-state index >= 15 is 0 Å². The number of aryl methyl sites for hydroxylation is 3. The van der Waals surface area contributed by atoms with Crippen LogP contribution in [-0.2, 0) is 4.79 Å². The standard InChI is InChI=1S/C19H19N3O5/c1-9-7-12(11(3)26-9)14-8-13(16-10(2)21-27-17(16)20-14)18(23)22-6-4-5-15(22)19(24)25/h7-8,15H,4-6H2,1-3H3,(H,24,25)/t15-/m1/s1. The van der Waals surface area contributed by atoms with Crippen LogP contribution < -0.4 is 0 Å². The van der Waals surface area contributed by atoms with Gasteiger partial charge >= 0.3 is 5.97 Å². The minimum Gasteiger partial charge on any atom is -0.480 e. The SMILES string of the molecule is Cc1cc(-c2cc(C(=O)N3CCC[C@@H]3C(=O)O)c3c(C)noc3n2)c(C)o1. The number of carboxylic acids is 1. The molecule has 8 nitrogen and oxygen atoms in total. The summed E-state index contributed by atoms with van der Waals surface area (Å²) >= 11 is 0. The van der Waals surface area contributed by atoms with E-state index in [0.717, 1.165) is 11.3 Å². The summed E-state index contributed by atoms with van der Waals surface area (Å²) in [6.07, 6.45) is 1.11. The minimum absolute atomic E-state index is 0.248. The predicted octanol–water partition coefficient (Wildman–Crippen LogP) is 3.10. The van der Waals surface area contributed by atoms with E-state index < -0.39 is 12.0 Å². The Hall–Kier alpha value is -3.16. The third kappa shape index (κ3) is 2.77. The fourth-order valence-electron chi connectivity index (χ4n) is 3.71. The average Bonchev–Trinajstić information content (AvgIpc) is 3.32. The first-order valence-electron chi connectivity index (χ1n) is 8.75. The molecule has 1 amide bonds. The largest absolute Gasteiger partial charge is 0.480 e. The van der Waals surface area contributed by atoms with Gasteiger partial charge in [0.1, 0.15) is 17.6 Å². The Morgan fingerprint density at radius 3 is 2.70 bits per heavy atom. The summed E-state index contributed by atoms with van der Waals surface area (Å²) in [5.74, 6) is 0.0718. The Morgan fingerprint density at radius 1 is 1.26 bits per heavy atom. The molecule has 3 aromatic rings. The molecule has 8 heteroatoms. The molecule has 1 N–H and O–H groups in total. The maximum atomic E-state index is 13.2. The van der Waals surface area contributed by atoms with Crippen LogP contribution in [0.3, 0.4) is 0 Å². The number of hydrogen-bond donors (Lipinski definition) is 1. The topological polar surface area (TPSA) is 110 Å². The molecule has 0 aromatic carbocycles. The van der Waals surface area contributed by atoms with Crippen LogP contribution in [-0.4, -0.2) is 44.6 Å². The summed E-state index contributed by atoms with van der Waals surface area (Å²) in [5.41, 5.74) is 2.42. The van der Waals surface area contributed by atoms with E-state index in [2.05, 4.69) is 10.1 Å². The number of carbonyl (C=O) groups excluding carboxylic acids is 1. The van der Waals surface area contributed by atoms with Crippen LogP contribution in [0, 0.1) is 20.8 Å². The van der Waals surface area contributed by atoms with Gasteiger partial charge in [0, 0.05) is 12.1 Å². The van der Waals surface area contributed by atoms with E-state index in [9.17, 15) is 14.7 Å². The van der Waals surface area contributed by atoms with Gasteiger partial charge < -0.3 is 18.9 Å². The molecule has 3 aromatic heterocycles. The molecule has 0 unspecified atom stereocenters. The lowest BCUT2D eigenvalue weighted by molar-refractivity contribution is -0.141. The Balaban J connectivity index is 1.88. The molecule has 0 saturated carbocycles. The molecular formula is C19H19N3O5. The lowest BCUT2D eigenvalue weighted by Gasteiger charge is -2.22. The van der Waals surface area contributed by atoms with Crippen molar-refractivity contribution in [1.29, 1.82) is 0 Å². The fraction of sp³-hybridized carbons (Fsp3) is 0.368. The molecule has 1 fully saturated rings. The van der Waals surface area contributed by atoms with E-state index in [4.69, 9.17) is 8.94 Å². The molecule has 1 aliphatic rings. The first kappa shape index (κ1) is 17.3. The van der Waals surface area contributed by atoms with Crippen LogP contribution in [0.2, 0.25) is 0 Å². The summed E-state index contributed by atoms with van der Waals surface area (Å²) in [7, 11) is 0. The number of furan rings is 1. The highest BCUT2D eigenvalue weighted by molar-refractivity contribution is 6.08. The van der Waals surface area contributed by atoms with Gasteiger partial charge in [-0.05, 0) is 45.7 Å². The van der Waals surface area contributed by atoms with Gasteiger partial charge in [0.05, 0.1) is 22.3 Å². The number of rotatable bonds is 3. The number of carbonyl (C=O) groups is 2. The van der Waals surface area contributed by atoms with Crippen molar-refractivity contribution in [2.75, 3.05) is 6.54 Å². The van der Waals surface area contributed by atoms with Gasteiger partial charge in [-0.1, -0.05) is 5.16 Å². The normalized spacial score (nSPS) is 17.0. The molecular weight excluding hydrogens is 350 g/mol. The van der Waals surface area contributed by atoms with E-state index in [1.54, 1.807) is 13.0 Å². The monoisotopic (exact) mass is 369 g/mol. The third-order valence-corrected chi connectivity index (χ3v) is 4.96. The van der Waals surface area contributed by atoms with Crippen molar-refractivity contribution in [2.45, 2.75) is 39.7 Å². The van der Waals surface area contributed by atoms with E-state index in [1.165, 1.54) is 4.90 Å². The summed E-state index contributed by atoms with van der Waals surface area (Å²) in [4.78, 5) is 30.6. The highest BCUT2D eigenvalue weighted by atomic mass is 16.5. The molecule has 0 radical (unpaired) electrons. The number of likely N-dealkylation sites (tertiary alicyclic amines) is 1. The second kappa shape index (κ2) is 6.22. The summed E-state index contributed by atoms with van der Waals surface area (Å²) in [5, 5.41) is 13.9. The lowest BCUT2D eigenvalue weighted by atomic mass is 10.0. The van der Waals surface area contributed by atoms with Crippen LogP contribution in [0.1, 0.15) is 40.4 Å². The zero-order chi connectivity index (χ0) is 19.3. The van der Waals surface area contributed by atoms with Crippen molar-refractivity contribution in [3.05, 3.63) is 34.9 Å². The van der Waals surface area contributed by atoms with Crippen LogP contribution in [0.4, 0.5) is 0 Å². The molecule has 0 spiro atoms. The van der Waals surface area contributed by atoms with Crippen molar-refractivity contribution < 1.29 is 23.6 Å². The van der Waals surface area contributed by atoms with E-state index in [1.807, 2.05) is 19.9 Å². The number of hydrogen-bond acceptors (Lipinski definition) is 6. The van der Waals surface area contributed by atoms with Gasteiger partial charge in [0.25, 0.3) is 11.6 Å². The number of nitrogens with zero attached hydrogens (tertiary/aromatic N) is 3. The van der Waals surface area contributed by atoms with Crippen molar-refractivity contribution in [2.24, 2.45) is 0 Å². The van der Waals surface area contributed by atoms with Crippen LogP contribution >= 0.6 is 0 Å². The Morgan fingerprint density at radius 2 is 2.04 bits per heavy atom. The first-order chi connectivity index (χ1) is 12.9. The number of amides is 1. The van der Waals surface area contributed by atoms with Crippen molar-refractivity contribution in [3.8, 4) is 11.3 Å². The maximum absolute atomic E-state index is 13.2. The summed E-state index contributed by atoms with van der Waals surface area (Å²) in [6, 6.07) is 2.70. The molecule has 1 atom stereocenters. The first-order valence-corrected chi connectivity index (χ1v) is 8.75. The van der Waals surface area contributed by atoms with Crippen molar-refractivity contribution in [1.82, 2.24) is 15.0 Å². The zero-order valence-corrected chi connectivity index (χ0v) is 15.3. The Bertz CT molecular complexity index is 1060. The molecule has 1 saturated heterocycles. The number of fused-ring (bicyclic) bond motifs is 1. The van der Waals surface area contributed by atoms with Gasteiger partial charge in [-0.3, -0.25) is 4.79 Å². The molecule has 4 heterocycles. The molecule has 0 bridgehead atoms. The molecule has 140 valence electrons. The Kier molecular flexibility index (Phi) is 3.98. The highest BCUT2D eigenvalue weighted by Crippen LogP contribution is 2.32. The van der Waals surface area contributed by atoms with Gasteiger partial charge in [0.2, 0.25) is 0 Å². The van der Waals surface area contributed by atoms with Gasteiger partial charge in [-0.25, -0.2) is 9.78 Å². The van der Waals surface area contributed by atoms with E-state index in [-0.39, 0.29) is 11.6 Å². The number of aliphatic carboxylic acids is 1. The van der Waals surface area contributed by atoms with Crippen molar-refractivity contribution in [3.63, 3.8) is 0 Å². The zero-order valence-electron chi connectivity index (χ0n) is 15.3. The lowest BCUT2D eigenvalue weighted by Crippen LogP contribution is -2.40. The van der Waals surface area contributed by atoms with Crippen LogP contribution in [0.5, 0.6) is 0 Å². The predicted molar refractivity (Wildman–Crippen MR) is 95.4 cm³/mol. The average molecular weight is 369 g/mol. The van der Waals surface area contributed by atoms with E-state index in [0.29, 0.717) is 47.5 Å². The quantitative estimate of drug-likeness (QED) is 0.755. The Labute approximate surface area is 154 Å². The maximum Gasteiger partial charge on any atom is 0.326 e. The molecule has 1 aliphatic heterocycles. The number of aromatic nitrogens is 2. The molecule has 0 aliphatic carbocycles. The third-order valence-electron chi connectivity index (χ3n) is 4.96. The minimum atomic E-state index is -0.991. The number of carboxylic acid groups (broad SMARTS) is 1. The second-order valence-electron chi connectivity index (χ2n) is 6.82. The summed E-state index contributed by atoms with van der Waals surface area (Å²) < 4.78 is 10.9. The van der Waals surface area contributed by atoms with Gasteiger partial charge in [-0.2, -0.15) is 0 Å².